The van der Waals surface area contributed by atoms with Crippen molar-refractivity contribution >= 4 is 5.97 Å². The zero-order chi connectivity index (χ0) is 15.9. The van der Waals surface area contributed by atoms with E-state index in [-0.39, 0.29) is 5.97 Å². The fourth-order valence-corrected chi connectivity index (χ4v) is 2.68. The smallest absolute Gasteiger partial charge is 0.372 e. The molecule has 0 atom stereocenters. The molecular weight excluding hydrogens is 276 g/mol. The number of carbonyl (C=O) groups excluding carboxylic acids is 1. The number of esters is 1. The van der Waals surface area contributed by atoms with Crippen LogP contribution in [0.25, 0.3) is 0 Å². The molecule has 0 N–H and O–H groups in total. The van der Waals surface area contributed by atoms with Crippen molar-refractivity contribution in [3.63, 3.8) is 0 Å². The number of methoxy groups -OCH3 is 1. The minimum Gasteiger partial charge on any atom is -0.483 e. The maximum atomic E-state index is 11.7. The summed E-state index contributed by atoms with van der Waals surface area (Å²) in [5.74, 6) is -0.0175. The molecule has 0 aliphatic carbocycles. The summed E-state index contributed by atoms with van der Waals surface area (Å²) < 4.78 is 10.3. The van der Waals surface area contributed by atoms with Gasteiger partial charge in [-0.25, -0.2) is 4.79 Å². The van der Waals surface area contributed by atoms with Crippen LogP contribution >= 0.6 is 0 Å². The molecule has 1 aliphatic heterocycles. The largest absolute Gasteiger partial charge is 0.483 e. The number of carbonyl (C=O) groups is 1. The first-order chi connectivity index (χ1) is 10.8. The molecular formula is C19H32O3. The Hall–Kier alpha value is -1.25. The maximum Gasteiger partial charge on any atom is 0.372 e. The van der Waals surface area contributed by atoms with E-state index in [1.807, 2.05) is 12.2 Å². The number of allylic oxidation sites excluding steroid dienone is 2. The molecule has 1 aliphatic rings. The van der Waals surface area contributed by atoms with Crippen LogP contribution in [0.2, 0.25) is 0 Å². The van der Waals surface area contributed by atoms with Crippen LogP contribution in [0.1, 0.15) is 77.0 Å². The molecule has 1 rings (SSSR count). The highest BCUT2D eigenvalue weighted by Gasteiger charge is 2.09. The van der Waals surface area contributed by atoms with E-state index in [2.05, 4.69) is 6.08 Å². The Morgan fingerprint density at radius 1 is 0.864 bits per heavy atom. The second-order valence-electron chi connectivity index (χ2n) is 5.96. The maximum absolute atomic E-state index is 11.7. The van der Waals surface area contributed by atoms with Gasteiger partial charge >= 0.3 is 5.97 Å². The molecule has 3 nitrogen and oxygen atoms in total. The van der Waals surface area contributed by atoms with Crippen molar-refractivity contribution in [2.45, 2.75) is 77.0 Å². The topological polar surface area (TPSA) is 35.5 Å². The Morgan fingerprint density at radius 3 is 2.00 bits per heavy atom. The minimum atomic E-state index is -0.372. The summed E-state index contributed by atoms with van der Waals surface area (Å²) in [4.78, 5) is 11.7. The third-order valence-corrected chi connectivity index (χ3v) is 4.04. The van der Waals surface area contributed by atoms with Gasteiger partial charge in [0.15, 0.2) is 0 Å². The van der Waals surface area contributed by atoms with Crippen molar-refractivity contribution in [2.24, 2.45) is 0 Å². The van der Waals surface area contributed by atoms with Crippen LogP contribution in [0.5, 0.6) is 0 Å². The van der Waals surface area contributed by atoms with E-state index in [0.29, 0.717) is 12.4 Å². The monoisotopic (exact) mass is 308 g/mol. The van der Waals surface area contributed by atoms with Gasteiger partial charge in [-0.1, -0.05) is 63.5 Å². The van der Waals surface area contributed by atoms with Gasteiger partial charge in [0.2, 0.25) is 5.76 Å². The van der Waals surface area contributed by atoms with Crippen molar-refractivity contribution in [3.8, 4) is 0 Å². The molecule has 3 heteroatoms. The van der Waals surface area contributed by atoms with E-state index < -0.39 is 0 Å². The van der Waals surface area contributed by atoms with Gasteiger partial charge < -0.3 is 9.47 Å². The third kappa shape index (κ3) is 9.64. The molecule has 0 fully saturated rings. The van der Waals surface area contributed by atoms with E-state index in [0.717, 1.165) is 19.3 Å². The van der Waals surface area contributed by atoms with E-state index in [1.165, 1.54) is 64.9 Å². The fraction of sp³-hybridized carbons (Fsp3) is 0.737. The summed E-state index contributed by atoms with van der Waals surface area (Å²) in [6.45, 7) is 0.445. The SMILES string of the molecule is COC(=O)/C1=C\CCCCCCCCCCCC/C=C\CO1. The molecule has 0 saturated carbocycles. The summed E-state index contributed by atoms with van der Waals surface area (Å²) in [7, 11) is 1.40. The lowest BCUT2D eigenvalue weighted by atomic mass is 10.0. The molecule has 0 amide bonds. The molecule has 0 saturated heterocycles. The summed E-state index contributed by atoms with van der Waals surface area (Å²) in [6.07, 6.45) is 21.0. The van der Waals surface area contributed by atoms with E-state index >= 15 is 0 Å². The molecule has 0 bridgehead atoms. The van der Waals surface area contributed by atoms with Gasteiger partial charge in [0.25, 0.3) is 0 Å². The normalized spacial score (nSPS) is 24.0. The van der Waals surface area contributed by atoms with E-state index in [9.17, 15) is 4.79 Å². The number of hydrogen-bond acceptors (Lipinski definition) is 3. The first-order valence-corrected chi connectivity index (χ1v) is 8.91. The summed E-state index contributed by atoms with van der Waals surface area (Å²) >= 11 is 0. The van der Waals surface area contributed by atoms with Crippen molar-refractivity contribution in [1.82, 2.24) is 0 Å². The highest BCUT2D eigenvalue weighted by molar-refractivity contribution is 5.86. The second kappa shape index (κ2) is 13.4. The molecule has 126 valence electrons. The summed E-state index contributed by atoms with van der Waals surface area (Å²) in [5, 5.41) is 0. The Bertz CT molecular complexity index is 345. The zero-order valence-electron chi connectivity index (χ0n) is 14.1. The summed E-state index contributed by atoms with van der Waals surface area (Å²) in [5.41, 5.74) is 0. The first-order valence-electron chi connectivity index (χ1n) is 8.91. The molecule has 22 heavy (non-hydrogen) atoms. The molecule has 0 aromatic heterocycles. The van der Waals surface area contributed by atoms with Gasteiger partial charge in [-0.2, -0.15) is 0 Å². The van der Waals surface area contributed by atoms with Crippen molar-refractivity contribution in [1.29, 1.82) is 0 Å². The average molecular weight is 308 g/mol. The van der Waals surface area contributed by atoms with Gasteiger partial charge in [0.1, 0.15) is 6.61 Å². The lowest BCUT2D eigenvalue weighted by Crippen LogP contribution is -2.08. The molecule has 0 radical (unpaired) electrons. The highest BCUT2D eigenvalue weighted by atomic mass is 16.6. The van der Waals surface area contributed by atoms with Crippen LogP contribution in [0.15, 0.2) is 24.0 Å². The van der Waals surface area contributed by atoms with Crippen LogP contribution in [-0.2, 0) is 14.3 Å². The standard InChI is InChI=1S/C19H32O3/c1-21-19(20)18-16-14-12-10-8-6-4-2-3-5-7-9-11-13-15-17-22-18/h13,15-16H,2-12,14,17H2,1H3/b15-13-,18-16+. The Morgan fingerprint density at radius 2 is 1.41 bits per heavy atom. The van der Waals surface area contributed by atoms with E-state index in [1.54, 1.807) is 0 Å². The first kappa shape index (κ1) is 18.8. The van der Waals surface area contributed by atoms with Crippen molar-refractivity contribution in [2.75, 3.05) is 13.7 Å². The van der Waals surface area contributed by atoms with Crippen LogP contribution in [0.3, 0.4) is 0 Å². The van der Waals surface area contributed by atoms with Gasteiger partial charge in [0, 0.05) is 0 Å². The van der Waals surface area contributed by atoms with Crippen LogP contribution in [0, 0.1) is 0 Å². The zero-order valence-corrected chi connectivity index (χ0v) is 14.1. The van der Waals surface area contributed by atoms with Crippen LogP contribution in [0.4, 0.5) is 0 Å². The minimum absolute atomic E-state index is 0.355. The lowest BCUT2D eigenvalue weighted by molar-refractivity contribution is -0.139. The molecule has 1 heterocycles. The molecule has 0 spiro atoms. The Kier molecular flexibility index (Phi) is 11.5. The molecule has 0 aromatic rings. The van der Waals surface area contributed by atoms with Crippen molar-refractivity contribution < 1.29 is 14.3 Å². The van der Waals surface area contributed by atoms with Crippen molar-refractivity contribution in [3.05, 3.63) is 24.0 Å². The highest BCUT2D eigenvalue weighted by Crippen LogP contribution is 2.13. The predicted molar refractivity (Wildman–Crippen MR) is 90.6 cm³/mol. The predicted octanol–water partition coefficient (Wildman–Crippen LogP) is 5.31. The summed E-state index contributed by atoms with van der Waals surface area (Å²) in [6, 6.07) is 0. The van der Waals surface area contributed by atoms with Crippen LogP contribution in [-0.4, -0.2) is 19.7 Å². The molecule has 0 aromatic carbocycles. The number of ether oxygens (including phenoxy) is 2. The van der Waals surface area contributed by atoms with E-state index in [4.69, 9.17) is 9.47 Å². The average Bonchev–Trinajstić information content (AvgIpc) is 2.54. The molecule has 0 unspecified atom stereocenters. The number of hydrogen-bond donors (Lipinski definition) is 0. The van der Waals surface area contributed by atoms with Gasteiger partial charge in [-0.3, -0.25) is 0 Å². The Balaban J connectivity index is 2.43. The second-order valence-corrected chi connectivity index (χ2v) is 5.96. The quantitative estimate of drug-likeness (QED) is 0.486. The van der Waals surface area contributed by atoms with Gasteiger partial charge in [-0.15, -0.1) is 0 Å². The van der Waals surface area contributed by atoms with Gasteiger partial charge in [0.05, 0.1) is 7.11 Å². The van der Waals surface area contributed by atoms with Gasteiger partial charge in [-0.05, 0) is 31.8 Å². The Labute approximate surface area is 135 Å². The van der Waals surface area contributed by atoms with Crippen LogP contribution < -0.4 is 0 Å². The lowest BCUT2D eigenvalue weighted by Gasteiger charge is -2.07. The number of rotatable bonds is 1. The third-order valence-electron chi connectivity index (χ3n) is 4.04. The fourth-order valence-electron chi connectivity index (χ4n) is 2.68.